The van der Waals surface area contributed by atoms with Gasteiger partial charge in [-0.1, -0.05) is 0 Å². The second-order valence-electron chi connectivity index (χ2n) is 2.37. The molecule has 0 spiro atoms. The normalized spacial score (nSPS) is 41.7. The van der Waals surface area contributed by atoms with Crippen molar-refractivity contribution < 1.29 is 19.7 Å². The predicted octanol–water partition coefficient (Wildman–Crippen LogP) is -0.899. The van der Waals surface area contributed by atoms with Gasteiger partial charge in [0.2, 0.25) is 0 Å². The van der Waals surface area contributed by atoms with Crippen LogP contribution in [0.2, 0.25) is 0 Å². The Morgan fingerprint density at radius 2 is 2.10 bits per heavy atom. The molecule has 0 aromatic heterocycles. The van der Waals surface area contributed by atoms with E-state index in [0.717, 1.165) is 0 Å². The molecule has 0 radical (unpaired) electrons. The van der Waals surface area contributed by atoms with E-state index in [1.807, 2.05) is 0 Å². The highest BCUT2D eigenvalue weighted by Gasteiger charge is 2.27. The quantitative estimate of drug-likeness (QED) is 0.506. The molecule has 1 rings (SSSR count). The molecule has 1 aliphatic rings. The number of methoxy groups -OCH3 is 1. The summed E-state index contributed by atoms with van der Waals surface area (Å²) < 4.78 is 9.79. The fourth-order valence-electron chi connectivity index (χ4n) is 0.904. The highest BCUT2D eigenvalue weighted by Crippen LogP contribution is 2.14. The molecule has 0 amide bonds. The minimum atomic E-state index is -0.758. The fraction of sp³-hybridized carbons (Fsp3) is 1.00. The number of rotatable bonds is 1. The third-order valence-corrected chi connectivity index (χ3v) is 1.59. The monoisotopic (exact) mass is 148 g/mol. The van der Waals surface area contributed by atoms with E-state index in [1.54, 1.807) is 0 Å². The van der Waals surface area contributed by atoms with E-state index in [4.69, 9.17) is 19.7 Å². The molecule has 0 saturated carbocycles. The van der Waals surface area contributed by atoms with Gasteiger partial charge in [0.1, 0.15) is 6.10 Å². The van der Waals surface area contributed by atoms with Crippen LogP contribution in [0.5, 0.6) is 0 Å². The summed E-state index contributed by atoms with van der Waals surface area (Å²) in [5.74, 6) is 0. The molecular formula is C6H12O4. The molecule has 0 aromatic carbocycles. The number of aliphatic hydroxyl groups is 2. The Balaban J connectivity index is 2.33. The van der Waals surface area contributed by atoms with Crippen LogP contribution >= 0.6 is 0 Å². The zero-order chi connectivity index (χ0) is 7.56. The molecule has 2 N–H and O–H groups in total. The van der Waals surface area contributed by atoms with Gasteiger partial charge in [-0.3, -0.25) is 0 Å². The van der Waals surface area contributed by atoms with Crippen LogP contribution in [0.4, 0.5) is 0 Å². The van der Waals surface area contributed by atoms with E-state index < -0.39 is 12.2 Å². The molecule has 1 heterocycles. The smallest absolute Gasteiger partial charge is 0.159 e. The van der Waals surface area contributed by atoms with E-state index in [0.29, 0.717) is 6.42 Å². The maximum atomic E-state index is 9.07. The molecule has 0 aliphatic carbocycles. The Morgan fingerprint density at radius 1 is 1.40 bits per heavy atom. The fourth-order valence-corrected chi connectivity index (χ4v) is 0.904. The lowest BCUT2D eigenvalue weighted by atomic mass is 10.1. The van der Waals surface area contributed by atoms with Gasteiger partial charge in [-0.2, -0.15) is 0 Å². The van der Waals surface area contributed by atoms with Crippen molar-refractivity contribution in [3.63, 3.8) is 0 Å². The first-order valence-electron chi connectivity index (χ1n) is 3.24. The molecule has 1 saturated heterocycles. The summed E-state index contributed by atoms with van der Waals surface area (Å²) in [6.07, 6.45) is -1.49. The van der Waals surface area contributed by atoms with E-state index in [-0.39, 0.29) is 12.9 Å². The Hall–Kier alpha value is -0.160. The molecule has 1 aliphatic heterocycles. The molecule has 4 heteroatoms. The van der Waals surface area contributed by atoms with Crippen LogP contribution in [0.15, 0.2) is 0 Å². The molecule has 60 valence electrons. The summed E-state index contributed by atoms with van der Waals surface area (Å²) in [6, 6.07) is 0. The van der Waals surface area contributed by atoms with Crippen molar-refractivity contribution in [3.05, 3.63) is 0 Å². The highest BCUT2D eigenvalue weighted by molar-refractivity contribution is 4.72. The maximum Gasteiger partial charge on any atom is 0.159 e. The standard InChI is InChI=1S/C6H12O4/c1-9-6-2-4(7)5(8)3-10-6/h4-8H,2-3H2,1H3/t4-,5+,6?/m0/s1. The zero-order valence-corrected chi connectivity index (χ0v) is 5.86. The number of hydrogen-bond donors (Lipinski definition) is 2. The van der Waals surface area contributed by atoms with Gasteiger partial charge in [0.05, 0.1) is 12.7 Å². The van der Waals surface area contributed by atoms with Gasteiger partial charge in [0.25, 0.3) is 0 Å². The van der Waals surface area contributed by atoms with Gasteiger partial charge in [-0.15, -0.1) is 0 Å². The topological polar surface area (TPSA) is 58.9 Å². The summed E-state index contributed by atoms with van der Waals surface area (Å²) in [6.45, 7) is 0.152. The number of ether oxygens (including phenoxy) is 2. The van der Waals surface area contributed by atoms with Crippen LogP contribution in [-0.4, -0.2) is 42.4 Å². The van der Waals surface area contributed by atoms with Crippen LogP contribution in [0.1, 0.15) is 6.42 Å². The Morgan fingerprint density at radius 3 is 2.60 bits per heavy atom. The average Bonchev–Trinajstić information content (AvgIpc) is 1.95. The van der Waals surface area contributed by atoms with Crippen LogP contribution in [-0.2, 0) is 9.47 Å². The van der Waals surface area contributed by atoms with Gasteiger partial charge >= 0.3 is 0 Å². The SMILES string of the molecule is COC1C[C@H](O)[C@H](O)CO1. The van der Waals surface area contributed by atoms with Crippen LogP contribution in [0.25, 0.3) is 0 Å². The molecule has 1 unspecified atom stereocenters. The minimum Gasteiger partial charge on any atom is -0.390 e. The third kappa shape index (κ3) is 1.67. The molecule has 3 atom stereocenters. The maximum absolute atomic E-state index is 9.07. The number of hydrogen-bond acceptors (Lipinski definition) is 4. The van der Waals surface area contributed by atoms with Crippen molar-refractivity contribution in [3.8, 4) is 0 Å². The lowest BCUT2D eigenvalue weighted by Crippen LogP contribution is -2.41. The summed E-state index contributed by atoms with van der Waals surface area (Å²) >= 11 is 0. The molecule has 10 heavy (non-hydrogen) atoms. The third-order valence-electron chi connectivity index (χ3n) is 1.59. The second kappa shape index (κ2) is 3.30. The first-order valence-corrected chi connectivity index (χ1v) is 3.24. The van der Waals surface area contributed by atoms with Gasteiger partial charge in [-0.25, -0.2) is 0 Å². The molecular weight excluding hydrogens is 136 g/mol. The van der Waals surface area contributed by atoms with Gasteiger partial charge in [0.15, 0.2) is 6.29 Å². The number of aliphatic hydroxyl groups excluding tert-OH is 2. The van der Waals surface area contributed by atoms with Crippen molar-refractivity contribution >= 4 is 0 Å². The van der Waals surface area contributed by atoms with Crippen LogP contribution in [0.3, 0.4) is 0 Å². The van der Waals surface area contributed by atoms with Gasteiger partial charge in [-0.05, 0) is 0 Å². The van der Waals surface area contributed by atoms with E-state index in [9.17, 15) is 0 Å². The Bertz CT molecular complexity index is 106. The van der Waals surface area contributed by atoms with E-state index in [1.165, 1.54) is 7.11 Å². The largest absolute Gasteiger partial charge is 0.390 e. The summed E-state index contributed by atoms with van der Waals surface area (Å²) in [4.78, 5) is 0. The van der Waals surface area contributed by atoms with Gasteiger partial charge in [0, 0.05) is 13.5 Å². The molecule has 0 bridgehead atoms. The van der Waals surface area contributed by atoms with E-state index >= 15 is 0 Å². The van der Waals surface area contributed by atoms with Crippen molar-refractivity contribution in [2.75, 3.05) is 13.7 Å². The minimum absolute atomic E-state index is 0.152. The molecule has 0 aromatic rings. The van der Waals surface area contributed by atoms with Crippen molar-refractivity contribution in [2.45, 2.75) is 24.9 Å². The summed E-state index contributed by atoms with van der Waals surface area (Å²) in [7, 11) is 1.51. The lowest BCUT2D eigenvalue weighted by Gasteiger charge is -2.29. The Kier molecular flexibility index (Phi) is 2.62. The first kappa shape index (κ1) is 7.94. The zero-order valence-electron chi connectivity index (χ0n) is 5.86. The van der Waals surface area contributed by atoms with Crippen molar-refractivity contribution in [1.29, 1.82) is 0 Å². The van der Waals surface area contributed by atoms with Crippen LogP contribution < -0.4 is 0 Å². The second-order valence-corrected chi connectivity index (χ2v) is 2.37. The first-order chi connectivity index (χ1) is 4.74. The summed E-state index contributed by atoms with van der Waals surface area (Å²) in [5.41, 5.74) is 0. The lowest BCUT2D eigenvalue weighted by molar-refractivity contribution is -0.206. The average molecular weight is 148 g/mol. The van der Waals surface area contributed by atoms with Crippen molar-refractivity contribution in [1.82, 2.24) is 0 Å². The Labute approximate surface area is 59.4 Å². The predicted molar refractivity (Wildman–Crippen MR) is 33.4 cm³/mol. The van der Waals surface area contributed by atoms with Crippen LogP contribution in [0, 0.1) is 0 Å². The van der Waals surface area contributed by atoms with Crippen molar-refractivity contribution in [2.24, 2.45) is 0 Å². The highest BCUT2D eigenvalue weighted by atomic mass is 16.7. The molecule has 1 fully saturated rings. The van der Waals surface area contributed by atoms with Gasteiger partial charge < -0.3 is 19.7 Å². The summed E-state index contributed by atoms with van der Waals surface area (Å²) in [5, 5.41) is 18.0. The molecule has 4 nitrogen and oxygen atoms in total. The van der Waals surface area contributed by atoms with E-state index in [2.05, 4.69) is 0 Å².